The molecule has 6 nitrogen and oxygen atoms in total. The summed E-state index contributed by atoms with van der Waals surface area (Å²) in [6.07, 6.45) is 8.69. The number of rotatable bonds is 10. The second-order valence-electron chi connectivity index (χ2n) is 10.3. The molecule has 1 aliphatic heterocycles. The molecule has 4 rings (SSSR count). The number of carbonyl (C=O) groups excluding carboxylic acids is 1. The van der Waals surface area contributed by atoms with Crippen LogP contribution >= 0.6 is 0 Å². The van der Waals surface area contributed by atoms with E-state index in [0.29, 0.717) is 37.1 Å². The van der Waals surface area contributed by atoms with Crippen molar-refractivity contribution in [2.75, 3.05) is 26.7 Å². The average molecular weight is 530 g/mol. The van der Waals surface area contributed by atoms with Crippen molar-refractivity contribution in [2.24, 2.45) is 10.9 Å². The van der Waals surface area contributed by atoms with E-state index >= 15 is 0 Å². The first-order valence-electron chi connectivity index (χ1n) is 14.0. The number of allylic oxidation sites excluding steroid dienone is 1. The Morgan fingerprint density at radius 3 is 2.56 bits per heavy atom. The molecule has 1 saturated heterocycles. The van der Waals surface area contributed by atoms with Crippen LogP contribution in [0.2, 0.25) is 0 Å². The Labute approximate surface area is 232 Å². The monoisotopic (exact) mass is 529 g/mol. The fourth-order valence-electron chi connectivity index (χ4n) is 5.16. The topological polar surface area (TPSA) is 63.0 Å². The van der Waals surface area contributed by atoms with Crippen LogP contribution in [-0.4, -0.2) is 59.0 Å². The second-order valence-corrected chi connectivity index (χ2v) is 10.3. The van der Waals surface area contributed by atoms with Crippen molar-refractivity contribution < 1.29 is 9.18 Å². The standard InChI is InChI=1S/C32H40FN5O/c1-5-7-8-13-29(32(39)36-20-21-38(30(22-36)35-4)31(34)25-14-15-25)37(6-2)23(3)27-11-9-10-12-28(27)24-16-18-26(33)19-17-24/h6,9-13,16-19,23,25,34H,2,5,7-8,14-15,20-22H2,1,3-4H3. The zero-order chi connectivity index (χ0) is 27.9. The predicted molar refractivity (Wildman–Crippen MR) is 157 cm³/mol. The maximum atomic E-state index is 14.1. The molecular weight excluding hydrogens is 489 g/mol. The Kier molecular flexibility index (Phi) is 9.33. The average Bonchev–Trinajstić information content (AvgIpc) is 3.82. The number of hydrogen-bond acceptors (Lipinski definition) is 4. The van der Waals surface area contributed by atoms with Gasteiger partial charge in [0.05, 0.1) is 12.6 Å². The van der Waals surface area contributed by atoms with Crippen LogP contribution in [0.4, 0.5) is 4.39 Å². The lowest BCUT2D eigenvalue weighted by molar-refractivity contribution is -0.128. The molecule has 2 fully saturated rings. The van der Waals surface area contributed by atoms with Crippen molar-refractivity contribution >= 4 is 17.6 Å². The number of amidine groups is 2. The summed E-state index contributed by atoms with van der Waals surface area (Å²) in [5.74, 6) is 1.38. The smallest absolute Gasteiger partial charge is 0.270 e. The second kappa shape index (κ2) is 12.9. The minimum Gasteiger partial charge on any atom is -0.337 e. The van der Waals surface area contributed by atoms with Crippen LogP contribution in [0.3, 0.4) is 0 Å². The van der Waals surface area contributed by atoms with Crippen LogP contribution in [0.5, 0.6) is 0 Å². The molecule has 0 bridgehead atoms. The normalized spacial score (nSPS) is 17.7. The first-order valence-corrected chi connectivity index (χ1v) is 14.0. The molecule has 0 spiro atoms. The highest BCUT2D eigenvalue weighted by atomic mass is 19.1. The predicted octanol–water partition coefficient (Wildman–Crippen LogP) is 6.63. The summed E-state index contributed by atoms with van der Waals surface area (Å²) < 4.78 is 13.6. The minimum absolute atomic E-state index is 0.0594. The van der Waals surface area contributed by atoms with E-state index in [4.69, 9.17) is 5.41 Å². The number of piperazine rings is 1. The van der Waals surface area contributed by atoms with Crippen molar-refractivity contribution in [1.29, 1.82) is 5.41 Å². The largest absolute Gasteiger partial charge is 0.337 e. The number of carbonyl (C=O) groups is 1. The van der Waals surface area contributed by atoms with E-state index in [9.17, 15) is 9.18 Å². The third-order valence-electron chi connectivity index (χ3n) is 7.61. The highest BCUT2D eigenvalue weighted by Crippen LogP contribution is 2.35. The Morgan fingerprint density at radius 1 is 1.21 bits per heavy atom. The fourth-order valence-corrected chi connectivity index (χ4v) is 5.16. The molecule has 2 aromatic carbocycles. The van der Waals surface area contributed by atoms with Crippen LogP contribution < -0.4 is 0 Å². The van der Waals surface area contributed by atoms with E-state index in [1.807, 2.05) is 39.0 Å². The molecule has 1 aliphatic carbocycles. The van der Waals surface area contributed by atoms with Crippen LogP contribution in [0, 0.1) is 17.1 Å². The van der Waals surface area contributed by atoms with Gasteiger partial charge in [0.15, 0.2) is 0 Å². The molecule has 39 heavy (non-hydrogen) atoms. The van der Waals surface area contributed by atoms with Gasteiger partial charge in [-0.15, -0.1) is 0 Å². The minimum atomic E-state index is -0.272. The summed E-state index contributed by atoms with van der Waals surface area (Å²) in [4.78, 5) is 24.3. The highest BCUT2D eigenvalue weighted by Gasteiger charge is 2.36. The molecule has 1 unspecified atom stereocenters. The SMILES string of the molecule is C=CN(C(=CCCCC)C(=O)N1CCN(C(=N)C2CC2)C(=NC)C1)C(C)c1ccccc1-c1ccc(F)cc1. The first kappa shape index (κ1) is 28.3. The molecule has 1 N–H and O–H groups in total. The van der Waals surface area contributed by atoms with Gasteiger partial charge in [-0.1, -0.05) is 62.4 Å². The van der Waals surface area contributed by atoms with Crippen molar-refractivity contribution in [2.45, 2.75) is 52.0 Å². The molecule has 1 saturated carbocycles. The molecule has 1 heterocycles. The first-order chi connectivity index (χ1) is 18.9. The third kappa shape index (κ3) is 6.47. The van der Waals surface area contributed by atoms with Gasteiger partial charge in [-0.25, -0.2) is 4.39 Å². The molecular formula is C32H40FN5O. The highest BCUT2D eigenvalue weighted by molar-refractivity contribution is 6.05. The van der Waals surface area contributed by atoms with Gasteiger partial charge in [-0.2, -0.15) is 0 Å². The number of amides is 1. The van der Waals surface area contributed by atoms with Gasteiger partial charge in [0, 0.05) is 26.1 Å². The van der Waals surface area contributed by atoms with Gasteiger partial charge in [0.25, 0.3) is 5.91 Å². The van der Waals surface area contributed by atoms with Gasteiger partial charge in [-0.05, 0) is 67.6 Å². The summed E-state index contributed by atoms with van der Waals surface area (Å²) in [5.41, 5.74) is 3.53. The lowest BCUT2D eigenvalue weighted by Gasteiger charge is -2.39. The molecule has 7 heteroatoms. The van der Waals surface area contributed by atoms with Crippen LogP contribution in [0.1, 0.15) is 57.6 Å². The maximum absolute atomic E-state index is 14.1. The summed E-state index contributed by atoms with van der Waals surface area (Å²) in [5, 5.41) is 8.54. The molecule has 1 atom stereocenters. The maximum Gasteiger partial charge on any atom is 0.270 e. The van der Waals surface area contributed by atoms with E-state index in [2.05, 4.69) is 31.5 Å². The van der Waals surface area contributed by atoms with E-state index < -0.39 is 0 Å². The summed E-state index contributed by atoms with van der Waals surface area (Å²) in [7, 11) is 1.74. The van der Waals surface area contributed by atoms with Crippen molar-refractivity contribution in [3.8, 4) is 11.1 Å². The lowest BCUT2D eigenvalue weighted by atomic mass is 9.94. The number of nitrogens with zero attached hydrogens (tertiary/aromatic N) is 4. The summed E-state index contributed by atoms with van der Waals surface area (Å²) in [6, 6.07) is 14.4. The number of halogens is 1. The molecule has 1 amide bonds. The van der Waals surface area contributed by atoms with E-state index in [0.717, 1.165) is 54.6 Å². The van der Waals surface area contributed by atoms with Gasteiger partial charge < -0.3 is 14.7 Å². The van der Waals surface area contributed by atoms with E-state index in [-0.39, 0.29) is 17.8 Å². The molecule has 0 aromatic heterocycles. The number of nitrogens with one attached hydrogen (secondary N) is 1. The third-order valence-corrected chi connectivity index (χ3v) is 7.61. The number of aliphatic imine (C=N–C) groups is 1. The number of hydrogen-bond donors (Lipinski definition) is 1. The fraction of sp³-hybridized carbons (Fsp3) is 0.406. The Hall–Kier alpha value is -3.74. The molecule has 0 radical (unpaired) electrons. The van der Waals surface area contributed by atoms with E-state index in [1.54, 1.807) is 25.4 Å². The van der Waals surface area contributed by atoms with Crippen molar-refractivity contribution in [3.63, 3.8) is 0 Å². The van der Waals surface area contributed by atoms with Crippen LogP contribution in [0.15, 0.2) is 78.1 Å². The van der Waals surface area contributed by atoms with Crippen LogP contribution in [-0.2, 0) is 4.79 Å². The van der Waals surface area contributed by atoms with Gasteiger partial charge in [0.2, 0.25) is 0 Å². The van der Waals surface area contributed by atoms with Gasteiger partial charge in [0.1, 0.15) is 23.2 Å². The van der Waals surface area contributed by atoms with Crippen molar-refractivity contribution in [1.82, 2.24) is 14.7 Å². The summed E-state index contributed by atoms with van der Waals surface area (Å²) >= 11 is 0. The van der Waals surface area contributed by atoms with Crippen molar-refractivity contribution in [3.05, 3.63) is 84.5 Å². The molecule has 2 aliphatic rings. The zero-order valence-corrected chi connectivity index (χ0v) is 23.4. The zero-order valence-electron chi connectivity index (χ0n) is 23.4. The van der Waals surface area contributed by atoms with Crippen LogP contribution in [0.25, 0.3) is 11.1 Å². The lowest BCUT2D eigenvalue weighted by Crippen LogP contribution is -2.55. The Bertz CT molecular complexity index is 1250. The quantitative estimate of drug-likeness (QED) is 0.163. The molecule has 2 aromatic rings. The molecule has 206 valence electrons. The number of unbranched alkanes of at least 4 members (excludes halogenated alkanes) is 2. The van der Waals surface area contributed by atoms with Gasteiger partial charge in [-0.3, -0.25) is 15.2 Å². The summed E-state index contributed by atoms with van der Waals surface area (Å²) in [6.45, 7) is 9.79. The van der Waals surface area contributed by atoms with Gasteiger partial charge >= 0.3 is 0 Å². The van der Waals surface area contributed by atoms with E-state index in [1.165, 1.54) is 12.1 Å². The Balaban J connectivity index is 1.62. The Morgan fingerprint density at radius 2 is 1.92 bits per heavy atom. The number of benzene rings is 2.